The number of carbonyl (C=O) groups is 1. The number of nitrogens with one attached hydrogen (secondary N) is 3. The van der Waals surface area contributed by atoms with Crippen LogP contribution in [0.15, 0.2) is 18.5 Å². The molecular weight excluding hydrogens is 337 g/mol. The zero-order valence-corrected chi connectivity index (χ0v) is 14.2. The maximum Gasteiger partial charge on any atom is 0.252 e. The third kappa shape index (κ3) is 3.24. The van der Waals surface area contributed by atoms with Crippen molar-refractivity contribution < 1.29 is 4.79 Å². The molecule has 2 bridgehead atoms. The Hall–Kier alpha value is -1.50. The first-order valence-electron chi connectivity index (χ1n) is 7.49. The minimum absolute atomic E-state index is 0. The highest BCUT2D eigenvalue weighted by atomic mass is 35.5. The first kappa shape index (κ1) is 17.8. The average molecular weight is 358 g/mol. The molecule has 2 fully saturated rings. The van der Waals surface area contributed by atoms with E-state index < -0.39 is 5.91 Å². The topological polar surface area (TPSA) is 95.8 Å². The molecule has 2 aliphatic rings. The Morgan fingerprint density at radius 1 is 1.26 bits per heavy atom. The van der Waals surface area contributed by atoms with E-state index in [9.17, 15) is 4.79 Å². The van der Waals surface area contributed by atoms with E-state index in [2.05, 4.69) is 20.6 Å². The van der Waals surface area contributed by atoms with Crippen LogP contribution in [0.5, 0.6) is 0 Å². The van der Waals surface area contributed by atoms with E-state index in [0.29, 0.717) is 23.7 Å². The van der Waals surface area contributed by atoms with Crippen molar-refractivity contribution in [1.82, 2.24) is 15.3 Å². The molecule has 2 aromatic heterocycles. The fraction of sp³-hybridized carbons (Fsp3) is 0.467. The Labute approximate surface area is 146 Å². The largest absolute Gasteiger partial charge is 0.381 e. The van der Waals surface area contributed by atoms with E-state index >= 15 is 0 Å². The molecule has 0 unspecified atom stereocenters. The summed E-state index contributed by atoms with van der Waals surface area (Å²) < 4.78 is 0. The molecule has 0 aliphatic carbocycles. The molecule has 23 heavy (non-hydrogen) atoms. The summed E-state index contributed by atoms with van der Waals surface area (Å²) in [5.41, 5.74) is 7.57. The van der Waals surface area contributed by atoms with Crippen molar-refractivity contribution in [3.05, 3.63) is 24.0 Å². The number of rotatable bonds is 3. The van der Waals surface area contributed by atoms with E-state index in [1.165, 1.54) is 12.8 Å². The Balaban J connectivity index is 0.000000960. The molecule has 2 aliphatic heterocycles. The molecule has 1 amide bonds. The van der Waals surface area contributed by atoms with Gasteiger partial charge in [0, 0.05) is 35.9 Å². The number of nitrogens with two attached hydrogens (primary N) is 1. The standard InChI is InChI=1S/C15H19N5O.2ClH/c16-14(21)12-7-18-15-11(3-4-17-15)13(12)20-10-5-8-1-2-9(6-10)19-8;;/h3-4,7-10,19H,1-2,5-6H2,(H2,16,21)(H2,17,18,20);2*1H/t8-,9+,10+;;. The van der Waals surface area contributed by atoms with Gasteiger partial charge in [-0.25, -0.2) is 4.98 Å². The summed E-state index contributed by atoms with van der Waals surface area (Å²) in [6.45, 7) is 0. The number of amides is 1. The Morgan fingerprint density at radius 3 is 2.61 bits per heavy atom. The molecule has 2 aromatic rings. The van der Waals surface area contributed by atoms with Crippen molar-refractivity contribution in [1.29, 1.82) is 0 Å². The van der Waals surface area contributed by atoms with Gasteiger partial charge in [0.15, 0.2) is 0 Å². The van der Waals surface area contributed by atoms with Gasteiger partial charge >= 0.3 is 0 Å². The van der Waals surface area contributed by atoms with E-state index in [4.69, 9.17) is 5.73 Å². The van der Waals surface area contributed by atoms with Crippen LogP contribution in [0.3, 0.4) is 0 Å². The maximum atomic E-state index is 11.7. The number of carbonyl (C=O) groups excluding carboxylic acids is 1. The Bertz CT molecular complexity index is 692. The van der Waals surface area contributed by atoms with Crippen molar-refractivity contribution in [3.8, 4) is 0 Å². The van der Waals surface area contributed by atoms with E-state index in [1.54, 1.807) is 6.20 Å². The molecular formula is C15H21Cl2N5O. The molecule has 0 saturated carbocycles. The number of H-pyrrole nitrogens is 1. The molecule has 0 radical (unpaired) electrons. The molecule has 4 heterocycles. The van der Waals surface area contributed by atoms with Gasteiger partial charge in [-0.1, -0.05) is 0 Å². The fourth-order valence-electron chi connectivity index (χ4n) is 3.73. The summed E-state index contributed by atoms with van der Waals surface area (Å²) in [5, 5.41) is 8.11. The predicted molar refractivity (Wildman–Crippen MR) is 95.7 cm³/mol. The Morgan fingerprint density at radius 2 is 1.96 bits per heavy atom. The second-order valence-electron chi connectivity index (χ2n) is 6.10. The maximum absolute atomic E-state index is 11.7. The van der Waals surface area contributed by atoms with E-state index in [0.717, 1.165) is 29.6 Å². The number of nitrogens with zero attached hydrogens (tertiary/aromatic N) is 1. The summed E-state index contributed by atoms with van der Waals surface area (Å²) >= 11 is 0. The number of aromatic amines is 1. The van der Waals surface area contributed by atoms with Gasteiger partial charge in [0.25, 0.3) is 5.91 Å². The van der Waals surface area contributed by atoms with Crippen molar-refractivity contribution in [2.45, 2.75) is 43.8 Å². The second kappa shape index (κ2) is 6.95. The van der Waals surface area contributed by atoms with Crippen molar-refractivity contribution >= 4 is 47.4 Å². The number of anilines is 1. The molecule has 2 saturated heterocycles. The minimum atomic E-state index is -0.440. The van der Waals surface area contributed by atoms with Crippen molar-refractivity contribution in [2.24, 2.45) is 5.73 Å². The van der Waals surface area contributed by atoms with Gasteiger partial charge in [-0.3, -0.25) is 4.79 Å². The van der Waals surface area contributed by atoms with Crippen LogP contribution in [0, 0.1) is 0 Å². The lowest BCUT2D eigenvalue weighted by molar-refractivity contribution is 0.100. The molecule has 0 spiro atoms. The minimum Gasteiger partial charge on any atom is -0.381 e. The molecule has 0 aromatic carbocycles. The summed E-state index contributed by atoms with van der Waals surface area (Å²) in [5.74, 6) is -0.440. The lowest BCUT2D eigenvalue weighted by Crippen LogP contribution is -2.43. The first-order chi connectivity index (χ1) is 10.2. The SMILES string of the molecule is Cl.Cl.NC(=O)c1cnc2[nH]ccc2c1N[C@H]1C[C@H]2CC[C@@H](C1)N2. The van der Waals surface area contributed by atoms with E-state index in [1.807, 2.05) is 12.3 Å². The second-order valence-corrected chi connectivity index (χ2v) is 6.10. The summed E-state index contributed by atoms with van der Waals surface area (Å²) in [6.07, 6.45) is 8.06. The number of primary amides is 1. The highest BCUT2D eigenvalue weighted by Gasteiger charge is 2.34. The van der Waals surface area contributed by atoms with Crippen LogP contribution in [0.2, 0.25) is 0 Å². The number of hydrogen-bond acceptors (Lipinski definition) is 4. The number of hydrogen-bond donors (Lipinski definition) is 4. The Kier molecular flexibility index (Phi) is 5.39. The number of fused-ring (bicyclic) bond motifs is 3. The van der Waals surface area contributed by atoms with Crippen LogP contribution in [-0.4, -0.2) is 34.0 Å². The average Bonchev–Trinajstić information content (AvgIpc) is 3.05. The highest BCUT2D eigenvalue weighted by Crippen LogP contribution is 2.32. The van der Waals surface area contributed by atoms with Crippen LogP contribution < -0.4 is 16.4 Å². The van der Waals surface area contributed by atoms with Gasteiger partial charge in [-0.2, -0.15) is 0 Å². The van der Waals surface area contributed by atoms with Gasteiger partial charge in [-0.05, 0) is 31.7 Å². The zero-order valence-electron chi connectivity index (χ0n) is 12.5. The normalized spacial score (nSPS) is 25.5. The molecule has 3 atom stereocenters. The van der Waals surface area contributed by atoms with Gasteiger partial charge in [0.05, 0.1) is 11.3 Å². The third-order valence-electron chi connectivity index (χ3n) is 4.67. The van der Waals surface area contributed by atoms with Gasteiger partial charge in [0.2, 0.25) is 0 Å². The highest BCUT2D eigenvalue weighted by molar-refractivity contribution is 6.05. The van der Waals surface area contributed by atoms with Crippen molar-refractivity contribution in [3.63, 3.8) is 0 Å². The zero-order chi connectivity index (χ0) is 14.4. The third-order valence-corrected chi connectivity index (χ3v) is 4.67. The smallest absolute Gasteiger partial charge is 0.252 e. The monoisotopic (exact) mass is 357 g/mol. The van der Waals surface area contributed by atoms with Gasteiger partial charge in [-0.15, -0.1) is 24.8 Å². The molecule has 8 heteroatoms. The molecule has 4 rings (SSSR count). The van der Waals surface area contributed by atoms with E-state index in [-0.39, 0.29) is 24.8 Å². The lowest BCUT2D eigenvalue weighted by atomic mass is 9.98. The van der Waals surface area contributed by atoms with Crippen LogP contribution in [-0.2, 0) is 0 Å². The number of halogens is 2. The number of aromatic nitrogens is 2. The molecule has 6 nitrogen and oxygen atoms in total. The first-order valence-corrected chi connectivity index (χ1v) is 7.49. The van der Waals surface area contributed by atoms with Crippen LogP contribution in [0.25, 0.3) is 11.0 Å². The summed E-state index contributed by atoms with van der Waals surface area (Å²) in [6, 6.07) is 3.51. The van der Waals surface area contributed by atoms with Crippen LogP contribution >= 0.6 is 24.8 Å². The molecule has 5 N–H and O–H groups in total. The lowest BCUT2D eigenvalue weighted by Gasteiger charge is -2.31. The van der Waals surface area contributed by atoms with Gasteiger partial charge in [0.1, 0.15) is 5.65 Å². The summed E-state index contributed by atoms with van der Waals surface area (Å²) in [7, 11) is 0. The van der Waals surface area contributed by atoms with Crippen LogP contribution in [0.4, 0.5) is 5.69 Å². The summed E-state index contributed by atoms with van der Waals surface area (Å²) in [4.78, 5) is 19.0. The fourth-order valence-corrected chi connectivity index (χ4v) is 3.73. The molecule has 126 valence electrons. The number of piperidine rings is 1. The van der Waals surface area contributed by atoms with Crippen molar-refractivity contribution in [2.75, 3.05) is 5.32 Å². The quantitative estimate of drug-likeness (QED) is 0.676. The van der Waals surface area contributed by atoms with Crippen LogP contribution in [0.1, 0.15) is 36.0 Å². The number of pyridine rings is 1. The van der Waals surface area contributed by atoms with Gasteiger partial charge < -0.3 is 21.4 Å². The predicted octanol–water partition coefficient (Wildman–Crippen LogP) is 2.20.